The van der Waals surface area contributed by atoms with Crippen LogP contribution in [-0.4, -0.2) is 50.6 Å². The third-order valence-electron chi connectivity index (χ3n) is 17.1. The van der Waals surface area contributed by atoms with Crippen molar-refractivity contribution in [3.8, 4) is 11.5 Å². The van der Waals surface area contributed by atoms with Crippen molar-refractivity contribution in [2.45, 2.75) is 171 Å². The van der Waals surface area contributed by atoms with Gasteiger partial charge in [0, 0.05) is 77.5 Å². The van der Waals surface area contributed by atoms with E-state index >= 15 is 4.79 Å². The molecular weight excluding hydrogens is 1200 g/mol. The van der Waals surface area contributed by atoms with Crippen LogP contribution in [0.5, 0.6) is 11.5 Å². The first-order valence-electron chi connectivity index (χ1n) is 32.7. The van der Waals surface area contributed by atoms with E-state index in [1.807, 2.05) is 254 Å². The number of anilines is 4. The van der Waals surface area contributed by atoms with Crippen LogP contribution in [-0.2, 0) is 68.3 Å². The van der Waals surface area contributed by atoms with Crippen LogP contribution in [0.1, 0.15) is 170 Å². The maximum atomic E-state index is 15.2. The smallest absolute Gasteiger partial charge is 0.306 e. The zero-order chi connectivity index (χ0) is 69.9. The molecule has 0 atom stereocenters. The molecule has 0 aromatic heterocycles. The second kappa shape index (κ2) is 28.1. The molecule has 5 N–H and O–H groups in total. The maximum Gasteiger partial charge on any atom is 0.306 e. The third-order valence-corrected chi connectivity index (χ3v) is 17.1. The lowest BCUT2D eigenvalue weighted by Crippen LogP contribution is -2.31. The Balaban J connectivity index is 1.07. The topological polar surface area (TPSA) is 195 Å². The van der Waals surface area contributed by atoms with Crippen LogP contribution in [0.25, 0.3) is 5.57 Å². The van der Waals surface area contributed by atoms with E-state index in [1.54, 1.807) is 24.3 Å². The number of aryl methyl sites for hydroxylation is 4. The molecule has 0 bridgehead atoms. The van der Waals surface area contributed by atoms with Gasteiger partial charge >= 0.3 is 11.9 Å². The summed E-state index contributed by atoms with van der Waals surface area (Å²) in [5.41, 5.74) is 11.8. The van der Waals surface area contributed by atoms with E-state index in [9.17, 15) is 34.5 Å². The molecule has 7 aromatic rings. The van der Waals surface area contributed by atoms with Gasteiger partial charge in [-0.05, 0) is 178 Å². The highest BCUT2D eigenvalue weighted by molar-refractivity contribution is 6.40. The summed E-state index contributed by atoms with van der Waals surface area (Å²) < 4.78 is 13.6. The zero-order valence-corrected chi connectivity index (χ0v) is 58.3. The average Bonchev–Trinajstić information content (AvgIpc) is 0.755. The predicted molar refractivity (Wildman–Crippen MR) is 384 cm³/mol. The largest absolute Gasteiger partial charge is 0.507 e. The lowest BCUT2D eigenvalue weighted by atomic mass is 9.78. The number of aliphatic hydroxyl groups is 1. The molecule has 2 amide bonds. The number of amides is 2. The van der Waals surface area contributed by atoms with Crippen molar-refractivity contribution in [2.24, 2.45) is 0 Å². The third kappa shape index (κ3) is 16.3. The summed E-state index contributed by atoms with van der Waals surface area (Å²) in [4.78, 5) is 73.0. The fraction of sp³-hybridized carbons (Fsp3) is 0.317. The van der Waals surface area contributed by atoms with Gasteiger partial charge in [0.25, 0.3) is 0 Å². The molecule has 0 spiro atoms. The standard InChI is InChI=1S/C82H90N4O10/c1-49-21-17-25-55(37-49)85(56-26-18-22-50(2)38-56)59-29-31-61(67(45-59)83-69(87)33-35-71(89)95-47-53-41-63(79(5,6)7)75(91)64(42-53)80(8,9)10)73-77(93)74(78(73)94)62-32-30-60(86(57-27-19-23-51(3)39-57)58-28-20-24-52(4)40-58)46-68(62)84-70(88)34-36-72(90)96-48-54-43-65(81(11,12)13)76(92)66(44-54)82(14,15)16/h17-32,37-46H,33-36,47-48H2,1-16H3,(H4,83,84,87,88,91,92,93,94)/p+1. The lowest BCUT2D eigenvalue weighted by molar-refractivity contribution is -0.146. The predicted octanol–water partition coefficient (Wildman–Crippen LogP) is 17.7. The normalized spacial score (nSPS) is 14.2. The number of ketones is 1. The van der Waals surface area contributed by atoms with Gasteiger partial charge in [0.2, 0.25) is 34.7 Å². The van der Waals surface area contributed by atoms with E-state index in [4.69, 9.17) is 9.47 Å². The lowest BCUT2D eigenvalue weighted by Gasteiger charge is -2.29. The Bertz CT molecular complexity index is 4250. The Morgan fingerprint density at radius 2 is 0.875 bits per heavy atom. The SMILES string of the molecule is Cc1cccc(N(c2cccc(C)c2)c2ccc(C3=C(O)/C(=C4/C=CC(=[N+](c5cccc(C)c5)c5cccc(C)c5)C=C4NC(=O)CCC(=O)OCc4cc(C(C)(C)C)c(O)c(C(C)(C)C)c4)C3=O)c(NC(=O)CCC(=O)OCc3cc(C(C)(C)C)c(O)c(C(C)(C)C)c3)c2)c1. The number of phenolic OH excluding ortho intramolecular Hbond substituents is 2. The van der Waals surface area contributed by atoms with Gasteiger partial charge in [-0.2, -0.15) is 4.58 Å². The summed E-state index contributed by atoms with van der Waals surface area (Å²) in [6, 6.07) is 44.5. The number of rotatable bonds is 18. The van der Waals surface area contributed by atoms with Gasteiger partial charge in [-0.1, -0.05) is 132 Å². The Kier molecular flexibility index (Phi) is 20.6. The number of allylic oxidation sites excluding steroid dienone is 5. The fourth-order valence-corrected chi connectivity index (χ4v) is 12.0. The number of hydrogen-bond acceptors (Lipinski definition) is 11. The van der Waals surface area contributed by atoms with Crippen molar-refractivity contribution >= 4 is 74.9 Å². The summed E-state index contributed by atoms with van der Waals surface area (Å²) in [6.07, 6.45) is 4.07. The van der Waals surface area contributed by atoms with E-state index in [2.05, 4.69) is 10.6 Å². The molecule has 96 heavy (non-hydrogen) atoms. The summed E-state index contributed by atoms with van der Waals surface area (Å²) in [6.45, 7) is 31.9. The molecule has 7 aromatic carbocycles. The average molecular weight is 1290 g/mol. The molecule has 498 valence electrons. The van der Waals surface area contributed by atoms with Crippen molar-refractivity contribution in [1.29, 1.82) is 0 Å². The Hall–Kier alpha value is -10.1. The van der Waals surface area contributed by atoms with Crippen LogP contribution in [0, 0.1) is 27.7 Å². The van der Waals surface area contributed by atoms with Crippen molar-refractivity contribution in [1.82, 2.24) is 9.89 Å². The van der Waals surface area contributed by atoms with Gasteiger partial charge in [-0.3, -0.25) is 24.0 Å². The summed E-state index contributed by atoms with van der Waals surface area (Å²) >= 11 is 0. The Morgan fingerprint density at radius 1 is 0.469 bits per heavy atom. The van der Waals surface area contributed by atoms with Gasteiger partial charge < -0.3 is 40.3 Å². The van der Waals surface area contributed by atoms with E-state index in [-0.39, 0.29) is 89.8 Å². The summed E-state index contributed by atoms with van der Waals surface area (Å²) in [5, 5.41) is 41.1. The van der Waals surface area contributed by atoms with E-state index < -0.39 is 51.2 Å². The van der Waals surface area contributed by atoms with Crippen molar-refractivity contribution in [3.05, 3.63) is 242 Å². The number of aliphatic hydroxyl groups excluding tert-OH is 1. The van der Waals surface area contributed by atoms with Crippen LogP contribution in [0.15, 0.2) is 180 Å². The van der Waals surface area contributed by atoms with Crippen LogP contribution in [0.2, 0.25) is 0 Å². The molecule has 0 heterocycles. The Morgan fingerprint density at radius 3 is 1.28 bits per heavy atom. The number of esters is 2. The molecule has 0 saturated carbocycles. The maximum absolute atomic E-state index is 15.2. The minimum atomic E-state index is -0.620. The van der Waals surface area contributed by atoms with Crippen molar-refractivity contribution < 1.29 is 48.8 Å². The Labute approximate surface area is 565 Å². The first-order chi connectivity index (χ1) is 45.0. The van der Waals surface area contributed by atoms with Crippen LogP contribution < -0.4 is 20.1 Å². The van der Waals surface area contributed by atoms with Crippen molar-refractivity contribution in [3.63, 3.8) is 0 Å². The molecule has 0 saturated heterocycles. The van der Waals surface area contributed by atoms with Crippen LogP contribution in [0.3, 0.4) is 0 Å². The minimum Gasteiger partial charge on any atom is -0.507 e. The van der Waals surface area contributed by atoms with Crippen LogP contribution >= 0.6 is 0 Å². The molecule has 14 nitrogen and oxygen atoms in total. The molecule has 0 fully saturated rings. The number of hydrogen-bond donors (Lipinski definition) is 5. The summed E-state index contributed by atoms with van der Waals surface area (Å²) in [7, 11) is 0. The van der Waals surface area contributed by atoms with Crippen molar-refractivity contribution in [2.75, 3.05) is 10.2 Å². The van der Waals surface area contributed by atoms with E-state index in [0.717, 1.165) is 67.3 Å². The second-order valence-corrected chi connectivity index (χ2v) is 29.4. The molecule has 0 aliphatic heterocycles. The number of Topliss-reactive ketones (excluding diaryl/α,β-unsaturated/α-hetero) is 1. The highest BCUT2D eigenvalue weighted by Gasteiger charge is 2.41. The molecule has 2 aliphatic rings. The molecule has 0 radical (unpaired) electrons. The van der Waals surface area contributed by atoms with Gasteiger partial charge in [0.15, 0.2) is 0 Å². The monoisotopic (exact) mass is 1290 g/mol. The number of benzene rings is 7. The molecule has 14 heteroatoms. The molecule has 0 unspecified atom stereocenters. The van der Waals surface area contributed by atoms with Gasteiger partial charge in [0.1, 0.15) is 30.5 Å². The summed E-state index contributed by atoms with van der Waals surface area (Å²) in [5.74, 6) is -2.92. The quantitative estimate of drug-likeness (QED) is 0.0312. The first kappa shape index (κ1) is 70.2. The molecular formula is C82H91N4O10+. The number of carbonyl (C=O) groups is 5. The van der Waals surface area contributed by atoms with Gasteiger partial charge in [-0.15, -0.1) is 0 Å². The highest BCUT2D eigenvalue weighted by Crippen LogP contribution is 2.47. The zero-order valence-electron chi connectivity index (χ0n) is 58.3. The van der Waals surface area contributed by atoms with E-state index in [0.29, 0.717) is 22.5 Å². The second-order valence-electron chi connectivity index (χ2n) is 29.4. The fourth-order valence-electron chi connectivity index (χ4n) is 12.0. The number of carbonyl (C=O) groups excluding carboxylic acids is 5. The van der Waals surface area contributed by atoms with Gasteiger partial charge in [0.05, 0.1) is 35.4 Å². The molecule has 2 aliphatic carbocycles. The minimum absolute atomic E-state index is 0.0812. The molecule has 9 rings (SSSR count). The first-order valence-corrected chi connectivity index (χ1v) is 32.7. The van der Waals surface area contributed by atoms with Gasteiger partial charge in [-0.25, -0.2) is 0 Å². The number of aromatic hydroxyl groups is 2. The number of nitrogens with zero attached hydrogens (tertiary/aromatic N) is 2. The number of nitrogens with one attached hydrogen (secondary N) is 2. The van der Waals surface area contributed by atoms with Crippen LogP contribution in [0.4, 0.5) is 34.1 Å². The highest BCUT2D eigenvalue weighted by atomic mass is 16.5. The van der Waals surface area contributed by atoms with E-state index in [1.165, 1.54) is 0 Å². The number of phenols is 2. The number of ether oxygens (including phenoxy) is 2.